The van der Waals surface area contributed by atoms with Gasteiger partial charge in [0.1, 0.15) is 6.04 Å². The van der Waals surface area contributed by atoms with Gasteiger partial charge in [0.2, 0.25) is 11.8 Å². The van der Waals surface area contributed by atoms with Crippen LogP contribution in [0.25, 0.3) is 0 Å². The highest BCUT2D eigenvalue weighted by molar-refractivity contribution is 6.47. The summed E-state index contributed by atoms with van der Waals surface area (Å²) < 4.78 is 13.2. The van der Waals surface area contributed by atoms with E-state index in [4.69, 9.17) is 15.0 Å². The Morgan fingerprint density at radius 3 is 2.54 bits per heavy atom. The normalized spacial score (nSPS) is 36.1. The molecule has 5 aliphatic rings. The van der Waals surface area contributed by atoms with Gasteiger partial charge in [-0.15, -0.1) is 0 Å². The number of nitrogens with one attached hydrogen (secondary N) is 1. The number of piperidine rings is 1. The van der Waals surface area contributed by atoms with Crippen LogP contribution in [0.4, 0.5) is 0 Å². The van der Waals surface area contributed by atoms with E-state index in [2.05, 4.69) is 26.1 Å². The summed E-state index contributed by atoms with van der Waals surface area (Å²) in [6, 6.07) is 8.80. The fourth-order valence-electron chi connectivity index (χ4n) is 7.60. The van der Waals surface area contributed by atoms with Crippen LogP contribution in [0, 0.1) is 23.2 Å². The molecule has 5 fully saturated rings. The van der Waals surface area contributed by atoms with Gasteiger partial charge in [0.25, 0.3) is 0 Å². The lowest BCUT2D eigenvalue weighted by Crippen LogP contribution is -2.65. The van der Waals surface area contributed by atoms with Crippen LogP contribution in [0.3, 0.4) is 0 Å². The minimum absolute atomic E-state index is 0.0226. The third-order valence-corrected chi connectivity index (χ3v) is 10.4. The van der Waals surface area contributed by atoms with E-state index in [-0.39, 0.29) is 40.8 Å². The Hall–Kier alpha value is -1.90. The van der Waals surface area contributed by atoms with Crippen molar-refractivity contribution < 1.29 is 18.9 Å². The van der Waals surface area contributed by atoms with Crippen LogP contribution >= 0.6 is 0 Å². The topological polar surface area (TPSA) is 93.9 Å². The van der Waals surface area contributed by atoms with Crippen LogP contribution < -0.4 is 11.1 Å². The summed E-state index contributed by atoms with van der Waals surface area (Å²) in [5, 5.41) is 3.23. The van der Waals surface area contributed by atoms with Crippen molar-refractivity contribution in [3.8, 4) is 0 Å². The highest BCUT2D eigenvalue weighted by atomic mass is 16.7. The molecule has 3 N–H and O–H groups in total. The molecule has 8 heteroatoms. The standard InChI is InChI=1S/C29H44BN3O4/c1-7-23(30-36-22-17-20-16-21(27(20,4)5)28(22,6)37-30)32-25(34)24(19-12-9-8-10-13-19)33-15-11-14-29(31,18(2)3)26(33)35/h8-10,12-13,18,20-24H,7,11,14-17,31H2,1-6H3,(H,32,34)/t20-,21-,22?,23+,24+,28+,29?/m1/s1. The van der Waals surface area contributed by atoms with Crippen molar-refractivity contribution in [2.24, 2.45) is 28.9 Å². The number of hydrogen-bond donors (Lipinski definition) is 2. The maximum absolute atomic E-state index is 14.0. The summed E-state index contributed by atoms with van der Waals surface area (Å²) in [5.41, 5.74) is 6.38. The van der Waals surface area contributed by atoms with E-state index in [1.54, 1.807) is 4.90 Å². The van der Waals surface area contributed by atoms with Gasteiger partial charge in [-0.05, 0) is 67.8 Å². The fraction of sp³-hybridized carbons (Fsp3) is 0.724. The van der Waals surface area contributed by atoms with E-state index < -0.39 is 18.7 Å². The van der Waals surface area contributed by atoms with Crippen LogP contribution in [0.2, 0.25) is 0 Å². The molecular weight excluding hydrogens is 465 g/mol. The maximum atomic E-state index is 14.0. The average Bonchev–Trinajstić information content (AvgIpc) is 3.22. The van der Waals surface area contributed by atoms with Gasteiger partial charge in [-0.25, -0.2) is 0 Å². The third-order valence-electron chi connectivity index (χ3n) is 10.4. The monoisotopic (exact) mass is 509 g/mol. The Labute approximate surface area is 222 Å². The lowest BCUT2D eigenvalue weighted by Gasteiger charge is -2.64. The van der Waals surface area contributed by atoms with Crippen molar-refractivity contribution in [1.29, 1.82) is 0 Å². The molecule has 202 valence electrons. The van der Waals surface area contributed by atoms with Crippen molar-refractivity contribution >= 4 is 18.9 Å². The second-order valence-electron chi connectivity index (χ2n) is 13.0. The summed E-state index contributed by atoms with van der Waals surface area (Å²) in [6.07, 6.45) is 4.30. The number of rotatable bonds is 7. The molecule has 37 heavy (non-hydrogen) atoms. The van der Waals surface area contributed by atoms with Crippen molar-refractivity contribution in [3.63, 3.8) is 0 Å². The number of benzene rings is 1. The highest BCUT2D eigenvalue weighted by Crippen LogP contribution is 2.65. The SMILES string of the molecule is CC[C@H](NC(=O)[C@H](c1ccccc1)N1CCCC(N)(C(C)C)C1=O)B1OC2C[C@H]3C[C@H](C3(C)C)[C@]2(C)O1. The van der Waals surface area contributed by atoms with Crippen molar-refractivity contribution in [1.82, 2.24) is 10.2 Å². The van der Waals surface area contributed by atoms with Crippen LogP contribution in [-0.4, -0.2) is 53.6 Å². The number of nitrogens with zero attached hydrogens (tertiary/aromatic N) is 1. The maximum Gasteiger partial charge on any atom is 0.481 e. The Balaban J connectivity index is 1.38. The molecule has 2 amide bonds. The largest absolute Gasteiger partial charge is 0.481 e. The first-order valence-corrected chi connectivity index (χ1v) is 14.2. The predicted molar refractivity (Wildman–Crippen MR) is 144 cm³/mol. The number of carbonyl (C=O) groups is 2. The van der Waals surface area contributed by atoms with Gasteiger partial charge in [-0.2, -0.15) is 0 Å². The van der Waals surface area contributed by atoms with Crippen LogP contribution in [0.15, 0.2) is 30.3 Å². The molecule has 7 nitrogen and oxygen atoms in total. The highest BCUT2D eigenvalue weighted by Gasteiger charge is 2.68. The molecule has 0 radical (unpaired) electrons. The van der Waals surface area contributed by atoms with Gasteiger partial charge < -0.3 is 25.3 Å². The van der Waals surface area contributed by atoms with Crippen LogP contribution in [0.5, 0.6) is 0 Å². The molecule has 2 aliphatic heterocycles. The first-order valence-electron chi connectivity index (χ1n) is 14.2. The molecule has 3 aliphatic carbocycles. The zero-order valence-electron chi connectivity index (χ0n) is 23.3. The number of nitrogens with two attached hydrogens (primary N) is 1. The quantitative estimate of drug-likeness (QED) is 0.545. The minimum atomic E-state index is -0.967. The lowest BCUT2D eigenvalue weighted by molar-refractivity contribution is -0.199. The molecule has 2 unspecified atom stereocenters. The van der Waals surface area contributed by atoms with Gasteiger partial charge in [0.15, 0.2) is 0 Å². The van der Waals surface area contributed by atoms with Crippen molar-refractivity contribution in [3.05, 3.63) is 35.9 Å². The fourth-order valence-corrected chi connectivity index (χ4v) is 7.60. The third kappa shape index (κ3) is 4.14. The zero-order valence-corrected chi connectivity index (χ0v) is 23.3. The van der Waals surface area contributed by atoms with Gasteiger partial charge in [-0.1, -0.05) is 65.0 Å². The summed E-state index contributed by atoms with van der Waals surface area (Å²) in [7, 11) is -0.503. The van der Waals surface area contributed by atoms with Crippen molar-refractivity contribution in [2.45, 2.75) is 103 Å². The second kappa shape index (κ2) is 9.39. The lowest BCUT2D eigenvalue weighted by atomic mass is 9.43. The molecule has 0 spiro atoms. The molecule has 2 bridgehead atoms. The minimum Gasteiger partial charge on any atom is -0.404 e. The molecule has 2 saturated heterocycles. The van der Waals surface area contributed by atoms with E-state index in [0.717, 1.165) is 18.4 Å². The average molecular weight is 510 g/mol. The van der Waals surface area contributed by atoms with Gasteiger partial charge in [0.05, 0.1) is 23.2 Å². The van der Waals surface area contributed by atoms with E-state index in [9.17, 15) is 9.59 Å². The van der Waals surface area contributed by atoms with Crippen LogP contribution in [-0.2, 0) is 18.9 Å². The molecule has 7 atom stereocenters. The number of carbonyl (C=O) groups excluding carboxylic acids is 2. The molecule has 0 aromatic heterocycles. The number of likely N-dealkylation sites (tertiary alicyclic amines) is 1. The molecule has 1 aromatic carbocycles. The summed E-state index contributed by atoms with van der Waals surface area (Å²) in [5.74, 6) is 0.423. The first kappa shape index (κ1) is 26.7. The molecule has 3 saturated carbocycles. The number of hydrogen-bond acceptors (Lipinski definition) is 5. The van der Waals surface area contributed by atoms with E-state index in [0.29, 0.717) is 31.2 Å². The Morgan fingerprint density at radius 1 is 1.22 bits per heavy atom. The zero-order chi connectivity index (χ0) is 26.8. The smallest absolute Gasteiger partial charge is 0.404 e. The van der Waals surface area contributed by atoms with Gasteiger partial charge >= 0.3 is 7.12 Å². The Bertz CT molecular complexity index is 1040. The summed E-state index contributed by atoms with van der Waals surface area (Å²) >= 11 is 0. The molecular formula is C29H44BN3O4. The Morgan fingerprint density at radius 2 is 1.92 bits per heavy atom. The van der Waals surface area contributed by atoms with Crippen LogP contribution in [0.1, 0.15) is 85.3 Å². The molecule has 1 aromatic rings. The molecule has 2 heterocycles. The summed E-state index contributed by atoms with van der Waals surface area (Å²) in [4.78, 5) is 29.4. The van der Waals surface area contributed by atoms with E-state index >= 15 is 0 Å². The van der Waals surface area contributed by atoms with E-state index in [1.807, 2.05) is 51.1 Å². The first-order chi connectivity index (χ1) is 17.4. The Kier molecular flexibility index (Phi) is 6.77. The van der Waals surface area contributed by atoms with E-state index in [1.165, 1.54) is 6.42 Å². The number of amides is 2. The van der Waals surface area contributed by atoms with Gasteiger partial charge in [0, 0.05) is 6.54 Å². The second-order valence-corrected chi connectivity index (χ2v) is 13.0. The van der Waals surface area contributed by atoms with Gasteiger partial charge in [-0.3, -0.25) is 9.59 Å². The predicted octanol–water partition coefficient (Wildman–Crippen LogP) is 3.87. The summed E-state index contributed by atoms with van der Waals surface area (Å²) in [6.45, 7) is 13.4. The molecule has 6 rings (SSSR count). The van der Waals surface area contributed by atoms with Crippen molar-refractivity contribution in [2.75, 3.05) is 6.54 Å².